The van der Waals surface area contributed by atoms with Crippen LogP contribution in [-0.4, -0.2) is 49.4 Å². The molecule has 0 radical (unpaired) electrons. The second-order valence-corrected chi connectivity index (χ2v) is 7.33. The first-order chi connectivity index (χ1) is 11.7. The highest BCUT2D eigenvalue weighted by Gasteiger charge is 2.49. The van der Waals surface area contributed by atoms with E-state index in [4.69, 9.17) is 14.2 Å². The van der Waals surface area contributed by atoms with Crippen LogP contribution in [-0.2, 0) is 19.7 Å². The lowest BCUT2D eigenvalue weighted by molar-refractivity contribution is -0.146. The SMILES string of the molecule is CCOC(=O)CC1(c2cccc(OC)c2)CN(C(=O)OC(C)(C)C)C1. The first-order valence-electron chi connectivity index (χ1n) is 8.47. The van der Waals surface area contributed by atoms with Crippen LogP contribution in [0.15, 0.2) is 24.3 Å². The number of hydrogen-bond acceptors (Lipinski definition) is 5. The van der Waals surface area contributed by atoms with Gasteiger partial charge < -0.3 is 19.1 Å². The van der Waals surface area contributed by atoms with Crippen molar-refractivity contribution >= 4 is 12.1 Å². The van der Waals surface area contributed by atoms with Crippen molar-refractivity contribution in [2.24, 2.45) is 0 Å². The molecule has 2 rings (SSSR count). The van der Waals surface area contributed by atoms with E-state index in [1.165, 1.54) is 0 Å². The van der Waals surface area contributed by atoms with Gasteiger partial charge in [-0.2, -0.15) is 0 Å². The Morgan fingerprint density at radius 2 is 1.92 bits per heavy atom. The number of methoxy groups -OCH3 is 1. The molecular weight excluding hydrogens is 322 g/mol. The molecule has 0 aliphatic carbocycles. The minimum absolute atomic E-state index is 0.216. The Bertz CT molecular complexity index is 629. The van der Waals surface area contributed by atoms with Gasteiger partial charge in [0, 0.05) is 18.5 Å². The molecule has 25 heavy (non-hydrogen) atoms. The second kappa shape index (κ2) is 7.33. The van der Waals surface area contributed by atoms with Crippen LogP contribution in [0.25, 0.3) is 0 Å². The van der Waals surface area contributed by atoms with Gasteiger partial charge >= 0.3 is 12.1 Å². The number of carbonyl (C=O) groups excluding carboxylic acids is 2. The van der Waals surface area contributed by atoms with Crippen LogP contribution in [0, 0.1) is 0 Å². The van der Waals surface area contributed by atoms with Gasteiger partial charge in [-0.25, -0.2) is 4.79 Å². The van der Waals surface area contributed by atoms with Gasteiger partial charge in [-0.05, 0) is 45.4 Å². The fourth-order valence-corrected chi connectivity index (χ4v) is 2.98. The summed E-state index contributed by atoms with van der Waals surface area (Å²) in [4.78, 5) is 26.0. The fraction of sp³-hybridized carbons (Fsp3) is 0.579. The molecule has 0 bridgehead atoms. The zero-order valence-electron chi connectivity index (χ0n) is 15.6. The lowest BCUT2D eigenvalue weighted by Crippen LogP contribution is -2.62. The second-order valence-electron chi connectivity index (χ2n) is 7.33. The standard InChI is InChI=1S/C19H27NO5/c1-6-24-16(21)11-19(14-8-7-9-15(10-14)23-5)12-20(13-19)17(22)25-18(2,3)4/h7-10H,6,11-13H2,1-5H3. The maximum atomic E-state index is 12.3. The van der Waals surface area contributed by atoms with Crippen LogP contribution in [0.4, 0.5) is 4.79 Å². The number of hydrogen-bond donors (Lipinski definition) is 0. The molecule has 1 aromatic carbocycles. The van der Waals surface area contributed by atoms with E-state index in [2.05, 4.69) is 0 Å². The summed E-state index contributed by atoms with van der Waals surface area (Å²) >= 11 is 0. The number of likely N-dealkylation sites (tertiary alicyclic amines) is 1. The lowest BCUT2D eigenvalue weighted by Gasteiger charge is -2.49. The van der Waals surface area contributed by atoms with Gasteiger partial charge in [0.2, 0.25) is 0 Å². The summed E-state index contributed by atoms with van der Waals surface area (Å²) in [7, 11) is 1.60. The quantitative estimate of drug-likeness (QED) is 0.764. The van der Waals surface area contributed by atoms with Gasteiger partial charge in [0.05, 0.1) is 20.1 Å². The number of esters is 1. The van der Waals surface area contributed by atoms with Crippen molar-refractivity contribution in [2.45, 2.75) is 45.1 Å². The van der Waals surface area contributed by atoms with Crippen molar-refractivity contribution in [1.82, 2.24) is 4.90 Å². The van der Waals surface area contributed by atoms with Crippen LogP contribution < -0.4 is 4.74 Å². The molecule has 0 atom stereocenters. The van der Waals surface area contributed by atoms with Crippen LogP contribution >= 0.6 is 0 Å². The molecule has 1 saturated heterocycles. The van der Waals surface area contributed by atoms with Crippen LogP contribution in [0.2, 0.25) is 0 Å². The number of ether oxygens (including phenoxy) is 3. The highest BCUT2D eigenvalue weighted by molar-refractivity contribution is 5.75. The predicted octanol–water partition coefficient (Wildman–Crippen LogP) is 3.14. The van der Waals surface area contributed by atoms with Crippen molar-refractivity contribution in [3.05, 3.63) is 29.8 Å². The summed E-state index contributed by atoms with van der Waals surface area (Å²) in [5, 5.41) is 0. The van der Waals surface area contributed by atoms with E-state index in [-0.39, 0.29) is 18.5 Å². The molecule has 0 aromatic heterocycles. The molecule has 6 heteroatoms. The Balaban J connectivity index is 2.19. The van der Waals surface area contributed by atoms with E-state index < -0.39 is 11.0 Å². The monoisotopic (exact) mass is 349 g/mol. The van der Waals surface area contributed by atoms with Gasteiger partial charge in [-0.3, -0.25) is 4.79 Å². The average molecular weight is 349 g/mol. The first-order valence-corrected chi connectivity index (χ1v) is 8.47. The van der Waals surface area contributed by atoms with E-state index in [1.807, 2.05) is 45.0 Å². The van der Waals surface area contributed by atoms with E-state index in [0.717, 1.165) is 11.3 Å². The van der Waals surface area contributed by atoms with E-state index >= 15 is 0 Å². The highest BCUT2D eigenvalue weighted by atomic mass is 16.6. The molecular formula is C19H27NO5. The third kappa shape index (κ3) is 4.65. The van der Waals surface area contributed by atoms with Crippen molar-refractivity contribution in [1.29, 1.82) is 0 Å². The fourth-order valence-electron chi connectivity index (χ4n) is 2.98. The summed E-state index contributed by atoms with van der Waals surface area (Å²) in [5.41, 5.74) is -0.0656. The minimum Gasteiger partial charge on any atom is -0.497 e. The molecule has 1 heterocycles. The number of nitrogens with zero attached hydrogens (tertiary/aromatic N) is 1. The maximum absolute atomic E-state index is 12.3. The number of amides is 1. The molecule has 1 aliphatic heterocycles. The Hall–Kier alpha value is -2.24. The normalized spacial score (nSPS) is 16.0. The van der Waals surface area contributed by atoms with Crippen molar-refractivity contribution in [2.75, 3.05) is 26.8 Å². The van der Waals surface area contributed by atoms with Crippen molar-refractivity contribution in [3.63, 3.8) is 0 Å². The van der Waals surface area contributed by atoms with Crippen LogP contribution in [0.3, 0.4) is 0 Å². The number of rotatable bonds is 5. The van der Waals surface area contributed by atoms with Crippen LogP contribution in [0.5, 0.6) is 5.75 Å². The summed E-state index contributed by atoms with van der Waals surface area (Å²) in [6.07, 6.45) is -0.150. The highest BCUT2D eigenvalue weighted by Crippen LogP contribution is 2.40. The summed E-state index contributed by atoms with van der Waals surface area (Å²) < 4.78 is 15.8. The largest absolute Gasteiger partial charge is 0.497 e. The summed E-state index contributed by atoms with van der Waals surface area (Å²) in [6, 6.07) is 7.60. The Morgan fingerprint density at radius 3 is 2.48 bits per heavy atom. The average Bonchev–Trinajstić information content (AvgIpc) is 2.49. The molecule has 6 nitrogen and oxygen atoms in total. The Labute approximate surface area is 149 Å². The van der Waals surface area contributed by atoms with E-state index in [0.29, 0.717) is 19.7 Å². The number of benzene rings is 1. The van der Waals surface area contributed by atoms with Gasteiger partial charge in [0.1, 0.15) is 11.4 Å². The topological polar surface area (TPSA) is 65.1 Å². The van der Waals surface area contributed by atoms with E-state index in [9.17, 15) is 9.59 Å². The molecule has 1 aromatic rings. The molecule has 1 aliphatic rings. The first kappa shape index (κ1) is 19.1. The maximum Gasteiger partial charge on any atom is 0.410 e. The van der Waals surface area contributed by atoms with Gasteiger partial charge in [-0.1, -0.05) is 12.1 Å². The van der Waals surface area contributed by atoms with Gasteiger partial charge in [0.25, 0.3) is 0 Å². The van der Waals surface area contributed by atoms with E-state index in [1.54, 1.807) is 18.9 Å². The predicted molar refractivity (Wildman–Crippen MR) is 93.7 cm³/mol. The molecule has 0 spiro atoms. The molecule has 0 N–H and O–H groups in total. The summed E-state index contributed by atoms with van der Waals surface area (Å²) in [5.74, 6) is 0.450. The molecule has 1 fully saturated rings. The number of carbonyl (C=O) groups is 2. The van der Waals surface area contributed by atoms with Crippen molar-refractivity contribution < 1.29 is 23.8 Å². The third-order valence-electron chi connectivity index (χ3n) is 4.11. The van der Waals surface area contributed by atoms with Crippen molar-refractivity contribution in [3.8, 4) is 5.75 Å². The molecule has 0 unspecified atom stereocenters. The molecule has 138 valence electrons. The minimum atomic E-state index is -0.549. The summed E-state index contributed by atoms with van der Waals surface area (Å²) in [6.45, 7) is 8.43. The van der Waals surface area contributed by atoms with Crippen LogP contribution in [0.1, 0.15) is 39.7 Å². The molecule has 1 amide bonds. The third-order valence-corrected chi connectivity index (χ3v) is 4.11. The Kier molecular flexibility index (Phi) is 5.60. The van der Waals surface area contributed by atoms with Gasteiger partial charge in [0.15, 0.2) is 0 Å². The Morgan fingerprint density at radius 1 is 1.24 bits per heavy atom. The smallest absolute Gasteiger partial charge is 0.410 e. The zero-order valence-corrected chi connectivity index (χ0v) is 15.6. The van der Waals surface area contributed by atoms with Gasteiger partial charge in [-0.15, -0.1) is 0 Å². The molecule has 0 saturated carbocycles. The zero-order chi connectivity index (χ0) is 18.7. The lowest BCUT2D eigenvalue weighted by atomic mass is 9.71.